The maximum atomic E-state index is 10.2. The van der Waals surface area contributed by atoms with Crippen molar-refractivity contribution in [1.82, 2.24) is 0 Å². The Morgan fingerprint density at radius 3 is 2.36 bits per heavy atom. The van der Waals surface area contributed by atoms with Gasteiger partial charge < -0.3 is 0 Å². The van der Waals surface area contributed by atoms with Crippen molar-refractivity contribution in [2.45, 2.75) is 13.8 Å². The molecule has 0 fully saturated rings. The van der Waals surface area contributed by atoms with Crippen molar-refractivity contribution in [3.8, 4) is 0 Å². The average Bonchev–Trinajstić information content (AvgIpc) is 1.99. The summed E-state index contributed by atoms with van der Waals surface area (Å²) in [6, 6.07) is 0. The minimum atomic E-state index is 0.246. The van der Waals surface area contributed by atoms with Gasteiger partial charge in [-0.05, 0) is 26.6 Å². The highest BCUT2D eigenvalue weighted by Gasteiger charge is 1.93. The summed E-state index contributed by atoms with van der Waals surface area (Å²) >= 11 is 5.72. The van der Waals surface area contributed by atoms with E-state index in [1.54, 1.807) is 0 Å². The Hall–Kier alpha value is -0.890. The van der Waals surface area contributed by atoms with Gasteiger partial charge >= 0.3 is 0 Å². The highest BCUT2D eigenvalue weighted by molar-refractivity contribution is 6.31. The maximum Gasteiger partial charge on any atom is 0.168 e. The number of carbonyl (C=O) groups excluding carboxylic acids is 1. The van der Waals surface area contributed by atoms with E-state index in [-0.39, 0.29) is 5.70 Å². The smallest absolute Gasteiger partial charge is 0.168 e. The molecule has 2 nitrogen and oxygen atoms in total. The van der Waals surface area contributed by atoms with E-state index in [0.29, 0.717) is 11.3 Å². The largest absolute Gasteiger partial charge is 0.296 e. The van der Waals surface area contributed by atoms with E-state index in [9.17, 15) is 4.79 Å². The van der Waals surface area contributed by atoms with E-state index in [1.807, 2.05) is 13.8 Å². The number of rotatable bonds is 3. The molecular weight excluding hydrogens is 162 g/mol. The van der Waals surface area contributed by atoms with Crippen LogP contribution in [0.3, 0.4) is 0 Å². The minimum absolute atomic E-state index is 0.246. The van der Waals surface area contributed by atoms with Gasteiger partial charge in [0, 0.05) is 5.03 Å². The van der Waals surface area contributed by atoms with Crippen molar-refractivity contribution in [3.63, 3.8) is 0 Å². The normalized spacial score (nSPS) is 10.6. The van der Waals surface area contributed by atoms with Crippen LogP contribution in [0.1, 0.15) is 13.8 Å². The van der Waals surface area contributed by atoms with Crippen LogP contribution in [0.2, 0.25) is 0 Å². The lowest BCUT2D eigenvalue weighted by atomic mass is 10.3. The monoisotopic (exact) mass is 171 g/mol. The van der Waals surface area contributed by atoms with Gasteiger partial charge in [-0.1, -0.05) is 17.2 Å². The van der Waals surface area contributed by atoms with Crippen LogP contribution in [-0.2, 0) is 4.79 Å². The fourth-order valence-electron chi connectivity index (χ4n) is 0.391. The third-order valence-electron chi connectivity index (χ3n) is 1.06. The molecule has 11 heavy (non-hydrogen) atoms. The molecule has 0 amide bonds. The molecule has 0 atom stereocenters. The van der Waals surface area contributed by atoms with Crippen LogP contribution in [0.4, 0.5) is 0 Å². The Balaban J connectivity index is 4.66. The zero-order chi connectivity index (χ0) is 8.85. The first kappa shape index (κ1) is 10.1. The fourth-order valence-corrected chi connectivity index (χ4v) is 0.503. The van der Waals surface area contributed by atoms with Gasteiger partial charge in [0.2, 0.25) is 0 Å². The van der Waals surface area contributed by atoms with Crippen LogP contribution >= 0.6 is 11.6 Å². The highest BCUT2D eigenvalue weighted by Crippen LogP contribution is 2.11. The molecule has 0 saturated carbocycles. The molecule has 0 heterocycles. The predicted octanol–water partition coefficient (Wildman–Crippen LogP) is 2.30. The number of aliphatic imine (C=N–C) groups is 1. The summed E-state index contributed by atoms with van der Waals surface area (Å²) in [5, 5.41) is 0.527. The number of hydrogen-bond donors (Lipinski definition) is 0. The molecule has 3 heteroatoms. The zero-order valence-corrected chi connectivity index (χ0v) is 7.35. The summed E-state index contributed by atoms with van der Waals surface area (Å²) in [6.45, 7) is 6.92. The summed E-state index contributed by atoms with van der Waals surface area (Å²) in [4.78, 5) is 13.7. The van der Waals surface area contributed by atoms with Crippen molar-refractivity contribution in [2.24, 2.45) is 4.99 Å². The molecule has 0 spiro atoms. The van der Waals surface area contributed by atoms with Crippen LogP contribution in [-0.4, -0.2) is 13.0 Å². The number of carbonyl (C=O) groups is 1. The van der Waals surface area contributed by atoms with E-state index in [4.69, 9.17) is 11.6 Å². The Kier molecular flexibility index (Phi) is 4.46. The molecule has 60 valence electrons. The van der Waals surface area contributed by atoms with Crippen molar-refractivity contribution in [2.75, 3.05) is 0 Å². The molecule has 0 unspecified atom stereocenters. The van der Waals surface area contributed by atoms with E-state index in [1.165, 1.54) is 6.08 Å². The number of nitrogens with zero attached hydrogens (tertiary/aromatic N) is 1. The zero-order valence-electron chi connectivity index (χ0n) is 6.60. The van der Waals surface area contributed by atoms with Crippen molar-refractivity contribution < 1.29 is 4.79 Å². The fraction of sp³-hybridized carbons (Fsp3) is 0.250. The molecule has 0 aromatic heterocycles. The molecule has 0 aliphatic heterocycles. The van der Waals surface area contributed by atoms with Crippen LogP contribution in [0.25, 0.3) is 0 Å². The topological polar surface area (TPSA) is 29.4 Å². The van der Waals surface area contributed by atoms with Crippen LogP contribution in [0.15, 0.2) is 27.4 Å². The van der Waals surface area contributed by atoms with E-state index in [2.05, 4.69) is 11.7 Å². The van der Waals surface area contributed by atoms with E-state index < -0.39 is 0 Å². The third-order valence-corrected chi connectivity index (χ3v) is 1.54. The number of aldehydes is 1. The van der Waals surface area contributed by atoms with Crippen molar-refractivity contribution in [3.05, 3.63) is 22.4 Å². The lowest BCUT2D eigenvalue weighted by Crippen LogP contribution is -1.80. The predicted molar refractivity (Wildman–Crippen MR) is 47.9 cm³/mol. The first-order chi connectivity index (χ1) is 5.11. The van der Waals surface area contributed by atoms with Gasteiger partial charge in [0.25, 0.3) is 0 Å². The lowest BCUT2D eigenvalue weighted by molar-refractivity contribution is -0.104. The highest BCUT2D eigenvalue weighted by atomic mass is 35.5. The Bertz CT molecular complexity index is 214. The van der Waals surface area contributed by atoms with Gasteiger partial charge in [-0.2, -0.15) is 0 Å². The van der Waals surface area contributed by atoms with E-state index >= 15 is 0 Å². The number of allylic oxidation sites excluding steroid dienone is 4. The first-order valence-corrected chi connectivity index (χ1v) is 3.46. The van der Waals surface area contributed by atoms with Crippen molar-refractivity contribution in [1.29, 1.82) is 0 Å². The molecule has 0 N–H and O–H groups in total. The van der Waals surface area contributed by atoms with Crippen LogP contribution in [0.5, 0.6) is 0 Å². The molecule has 0 saturated heterocycles. The lowest BCUT2D eigenvalue weighted by Gasteiger charge is -1.92. The van der Waals surface area contributed by atoms with Gasteiger partial charge in [-0.15, -0.1) is 0 Å². The second-order valence-corrected chi connectivity index (χ2v) is 2.60. The summed E-state index contributed by atoms with van der Waals surface area (Å²) in [5.41, 5.74) is 1.19. The first-order valence-electron chi connectivity index (χ1n) is 3.08. The van der Waals surface area contributed by atoms with Gasteiger partial charge in [0.05, 0.1) is 0 Å². The Labute approximate surface area is 71.3 Å². The Morgan fingerprint density at radius 1 is 1.55 bits per heavy atom. The molecule has 0 aliphatic rings. The van der Waals surface area contributed by atoms with E-state index in [0.717, 1.165) is 5.57 Å². The van der Waals surface area contributed by atoms with Crippen LogP contribution in [0, 0.1) is 0 Å². The molecule has 0 aromatic carbocycles. The summed E-state index contributed by atoms with van der Waals surface area (Å²) in [6.07, 6.45) is 2.09. The molecule has 0 bridgehead atoms. The standard InChI is InChI=1S/C8H10ClNO/c1-6(2)8(9)4-7(5-11)10-3/h4-5H,3H2,1-2H3/b7-4-. The average molecular weight is 172 g/mol. The second-order valence-electron chi connectivity index (χ2n) is 2.19. The van der Waals surface area contributed by atoms with Gasteiger partial charge in [0.15, 0.2) is 6.29 Å². The minimum Gasteiger partial charge on any atom is -0.296 e. The molecule has 0 radical (unpaired) electrons. The third kappa shape index (κ3) is 3.73. The van der Waals surface area contributed by atoms with Gasteiger partial charge in [0.1, 0.15) is 5.70 Å². The number of hydrogen-bond acceptors (Lipinski definition) is 2. The van der Waals surface area contributed by atoms with Crippen molar-refractivity contribution >= 4 is 24.6 Å². The maximum absolute atomic E-state index is 10.2. The summed E-state index contributed by atoms with van der Waals surface area (Å²) in [5.74, 6) is 0. The quantitative estimate of drug-likeness (QED) is 0.277. The second kappa shape index (κ2) is 4.85. The molecule has 0 aliphatic carbocycles. The summed E-state index contributed by atoms with van der Waals surface area (Å²) < 4.78 is 0. The number of halogens is 1. The summed E-state index contributed by atoms with van der Waals surface area (Å²) in [7, 11) is 0. The SMILES string of the molecule is C=N/C(C=O)=C\C(Cl)=C(C)C. The molecular formula is C8H10ClNO. The van der Waals surface area contributed by atoms with Gasteiger partial charge in [-0.25, -0.2) is 0 Å². The Morgan fingerprint density at radius 2 is 2.09 bits per heavy atom. The van der Waals surface area contributed by atoms with Crippen LogP contribution < -0.4 is 0 Å². The molecule has 0 rings (SSSR count). The van der Waals surface area contributed by atoms with Gasteiger partial charge in [-0.3, -0.25) is 9.79 Å². The molecule has 0 aromatic rings.